The van der Waals surface area contributed by atoms with Crippen LogP contribution in [0.2, 0.25) is 0 Å². The number of Topliss-reactive ketones (excluding diaryl/α,β-unsaturated/α-hetero) is 1. The number of methoxy groups -OCH3 is 2. The normalized spacial score (nSPS) is 7.87. The van der Waals surface area contributed by atoms with Gasteiger partial charge in [-0.05, 0) is 6.92 Å². The standard InChI is InChI=1S/C5H8O3.C4H6O4.5HI.2V/c1-4(6)3-5(7)8-2;1-8-4(7)2-3(5)6;;;;;;;/h3H2,1-2H3;2H2,1H3,(H,5,6);5*1H;;/q;;;;;;;+2;+3/p-5. The second-order valence-electron chi connectivity index (χ2n) is 2.86. The molecule has 0 spiro atoms. The number of carbonyl (C=O) groups excluding carboxylic acids is 3. The van der Waals surface area contributed by atoms with E-state index in [-0.39, 0.29) is 17.1 Å². The van der Waals surface area contributed by atoms with Crippen molar-refractivity contribution >= 4 is 124 Å². The van der Waals surface area contributed by atoms with Crippen molar-refractivity contribution in [1.29, 1.82) is 0 Å². The maximum atomic E-state index is 10.2. The molecule has 0 radical (unpaired) electrons. The van der Waals surface area contributed by atoms with Crippen molar-refractivity contribution in [3.05, 3.63) is 0 Å². The Morgan fingerprint density at radius 3 is 1.30 bits per heavy atom. The number of ketones is 1. The quantitative estimate of drug-likeness (QED) is 0.256. The molecule has 0 saturated heterocycles. The molecule has 0 aromatic carbocycles. The van der Waals surface area contributed by atoms with Gasteiger partial charge < -0.3 is 14.6 Å². The van der Waals surface area contributed by atoms with E-state index in [4.69, 9.17) is 5.11 Å². The molecule has 0 rings (SSSR count). The fourth-order valence-electron chi connectivity index (χ4n) is 0.471. The van der Waals surface area contributed by atoms with Crippen molar-refractivity contribution in [1.82, 2.24) is 0 Å². The number of aliphatic carboxylic acids is 1. The van der Waals surface area contributed by atoms with Gasteiger partial charge in [0.1, 0.15) is 18.6 Å². The summed E-state index contributed by atoms with van der Waals surface area (Å²) in [6.07, 6.45) is -0.674. The van der Waals surface area contributed by atoms with Crippen molar-refractivity contribution < 1.29 is 48.1 Å². The summed E-state index contributed by atoms with van der Waals surface area (Å²) in [5, 5.41) is 7.91. The number of carboxylic acid groups (broad SMARTS) is 1. The number of hydrogen-bond acceptors (Lipinski definition) is 6. The molecule has 0 bridgehead atoms. The maximum absolute atomic E-state index is 10.2. The van der Waals surface area contributed by atoms with E-state index < -0.39 is 24.3 Å². The molecule has 0 aliphatic carbocycles. The minimum absolute atomic E-state index is 0.115. The molecular weight excluding hydrogens is 956 g/mol. The number of esters is 2. The van der Waals surface area contributed by atoms with Gasteiger partial charge in [0, 0.05) is 0 Å². The number of halogens is 5. The van der Waals surface area contributed by atoms with Crippen molar-refractivity contribution in [2.75, 3.05) is 14.2 Å². The molecule has 23 heavy (non-hydrogen) atoms. The summed E-state index contributed by atoms with van der Waals surface area (Å²) in [5.74, 6) is -2.54. The number of carboxylic acids is 1. The van der Waals surface area contributed by atoms with Gasteiger partial charge in [-0.25, -0.2) is 0 Å². The third-order valence-corrected chi connectivity index (χ3v) is 1.14. The molecule has 0 fully saturated rings. The molecule has 137 valence electrons. The first-order chi connectivity index (χ1) is 10.5. The molecule has 0 heterocycles. The molecule has 0 atom stereocenters. The zero-order valence-corrected chi connectivity index (χ0v) is 25.7. The number of hydrogen-bond donors (Lipinski definition) is 1. The Bertz CT molecular complexity index is 313. The van der Waals surface area contributed by atoms with Crippen LogP contribution in [0, 0.1) is 0 Å². The average molecular weight is 971 g/mol. The summed E-state index contributed by atoms with van der Waals surface area (Å²) in [6.45, 7) is 1.34. The Hall–Kier alpha value is 2.90. The van der Waals surface area contributed by atoms with Gasteiger partial charge in [-0.15, -0.1) is 0 Å². The van der Waals surface area contributed by atoms with E-state index in [1.54, 1.807) is 0 Å². The average Bonchev–Trinajstić information content (AvgIpc) is 2.38. The predicted molar refractivity (Wildman–Crippen MR) is 122 cm³/mol. The molecule has 0 saturated carbocycles. The van der Waals surface area contributed by atoms with Crippen LogP contribution in [0.4, 0.5) is 0 Å². The van der Waals surface area contributed by atoms with E-state index in [0.29, 0.717) is 9.47 Å². The SMILES string of the molecule is COC(=O)CC(=O)O.COC(=O)CC(C)=O.[I][V]([I])[I].[I][V][I]. The Morgan fingerprint density at radius 1 is 0.957 bits per heavy atom. The van der Waals surface area contributed by atoms with Crippen LogP contribution >= 0.6 is 99.9 Å². The van der Waals surface area contributed by atoms with Crippen molar-refractivity contribution in [2.24, 2.45) is 0 Å². The third-order valence-electron chi connectivity index (χ3n) is 1.14. The van der Waals surface area contributed by atoms with Crippen molar-refractivity contribution in [3.63, 3.8) is 0 Å². The van der Waals surface area contributed by atoms with Gasteiger partial charge in [0.05, 0.1) is 14.2 Å². The molecule has 14 heteroatoms. The van der Waals surface area contributed by atoms with Crippen LogP contribution in [0.25, 0.3) is 0 Å². The van der Waals surface area contributed by atoms with E-state index in [0.717, 1.165) is 7.11 Å². The van der Waals surface area contributed by atoms with E-state index in [1.165, 1.54) is 14.0 Å². The molecule has 7 nitrogen and oxygen atoms in total. The van der Waals surface area contributed by atoms with Gasteiger partial charge in [0.15, 0.2) is 0 Å². The Kier molecular flexibility index (Phi) is 39.5. The minimum atomic E-state index is -1.17. The monoisotopic (exact) mass is 970 g/mol. The van der Waals surface area contributed by atoms with Crippen LogP contribution in [0.1, 0.15) is 19.8 Å². The second-order valence-corrected chi connectivity index (χ2v) is 50.0. The number of ether oxygens (including phenoxy) is 2. The first-order valence-corrected chi connectivity index (χ1v) is 27.6. The summed E-state index contributed by atoms with van der Waals surface area (Å²) >= 11 is 12.1. The van der Waals surface area contributed by atoms with Crippen LogP contribution in [0.15, 0.2) is 0 Å². The Labute approximate surface area is 201 Å². The van der Waals surface area contributed by atoms with E-state index in [9.17, 15) is 19.2 Å². The van der Waals surface area contributed by atoms with Crippen molar-refractivity contribution in [3.8, 4) is 0 Å². The van der Waals surface area contributed by atoms with E-state index in [1.807, 2.05) is 0 Å². The zero-order valence-electron chi connectivity index (χ0n) is 12.1. The van der Waals surface area contributed by atoms with Crippen LogP contribution in [-0.2, 0) is 43.0 Å². The van der Waals surface area contributed by atoms with Crippen LogP contribution in [-0.4, -0.2) is 43.0 Å². The summed E-state index contributed by atoms with van der Waals surface area (Å²) in [4.78, 5) is 39.7. The van der Waals surface area contributed by atoms with Gasteiger partial charge in [0.2, 0.25) is 0 Å². The van der Waals surface area contributed by atoms with Crippen molar-refractivity contribution in [2.45, 2.75) is 19.8 Å². The summed E-state index contributed by atoms with van der Waals surface area (Å²) in [7, 11) is 3.03. The first-order valence-electron chi connectivity index (χ1n) is 5.02. The number of carbonyl (C=O) groups is 4. The molecule has 0 aliphatic rings. The number of rotatable bonds is 4. The second kappa shape index (κ2) is 27.1. The third kappa shape index (κ3) is 58.8. The van der Waals surface area contributed by atoms with Crippen LogP contribution in [0.3, 0.4) is 0 Å². The summed E-state index contributed by atoms with van der Waals surface area (Å²) in [6, 6.07) is 0. The van der Waals surface area contributed by atoms with Gasteiger partial charge in [0.25, 0.3) is 0 Å². The molecular formula is C9H14I5O7V2. The zero-order chi connectivity index (χ0) is 19.4. The van der Waals surface area contributed by atoms with Gasteiger partial charge in [-0.3, -0.25) is 19.2 Å². The fraction of sp³-hybridized carbons (Fsp3) is 0.556. The van der Waals surface area contributed by atoms with Crippen LogP contribution < -0.4 is 0 Å². The van der Waals surface area contributed by atoms with E-state index >= 15 is 0 Å². The summed E-state index contributed by atoms with van der Waals surface area (Å²) < 4.78 is 8.24. The molecule has 0 aromatic heterocycles. The predicted octanol–water partition coefficient (Wildman–Crippen LogP) is 4.20. The Balaban J connectivity index is -0.000000113. The fourth-order valence-corrected chi connectivity index (χ4v) is 0.471. The first kappa shape index (κ1) is 33.5. The molecule has 0 amide bonds. The molecule has 0 unspecified atom stereocenters. The molecule has 0 aliphatic heterocycles. The summed E-state index contributed by atoms with van der Waals surface area (Å²) in [5.41, 5.74) is 0. The molecule has 1 N–H and O–H groups in total. The van der Waals surface area contributed by atoms with Gasteiger partial charge in [-0.2, -0.15) is 0 Å². The molecule has 0 aromatic rings. The van der Waals surface area contributed by atoms with Gasteiger partial charge >= 0.3 is 132 Å². The topological polar surface area (TPSA) is 107 Å². The van der Waals surface area contributed by atoms with Crippen LogP contribution in [0.5, 0.6) is 0 Å². The van der Waals surface area contributed by atoms with E-state index in [2.05, 4.69) is 109 Å². The van der Waals surface area contributed by atoms with Gasteiger partial charge in [-0.1, -0.05) is 0 Å². The Morgan fingerprint density at radius 2 is 1.22 bits per heavy atom.